The molecule has 0 unspecified atom stereocenters. The summed E-state index contributed by atoms with van der Waals surface area (Å²) in [4.78, 5) is 36.3. The number of carboxylic acids is 1. The van der Waals surface area contributed by atoms with Crippen molar-refractivity contribution >= 4 is 29.5 Å². The van der Waals surface area contributed by atoms with Crippen LogP contribution in [0.15, 0.2) is 24.3 Å². The van der Waals surface area contributed by atoms with Gasteiger partial charge in [-0.25, -0.2) is 0 Å². The predicted molar refractivity (Wildman–Crippen MR) is 90.9 cm³/mol. The van der Waals surface area contributed by atoms with Crippen LogP contribution < -0.4 is 16.0 Å². The fourth-order valence-electron chi connectivity index (χ4n) is 3.04. The molecule has 2 heterocycles. The van der Waals surface area contributed by atoms with Gasteiger partial charge in [0.1, 0.15) is 23.9 Å². The zero-order chi connectivity index (χ0) is 18.4. The van der Waals surface area contributed by atoms with Gasteiger partial charge in [-0.1, -0.05) is 12.1 Å². The predicted octanol–water partition coefficient (Wildman–Crippen LogP) is -0.0578. The quantitative estimate of drug-likeness (QED) is 0.508. The lowest BCUT2D eigenvalue weighted by Gasteiger charge is -2.32. The molecule has 5 N–H and O–H groups in total. The van der Waals surface area contributed by atoms with Crippen molar-refractivity contribution in [1.29, 1.82) is 0 Å². The van der Waals surface area contributed by atoms with Crippen LogP contribution in [0.5, 0.6) is 5.75 Å². The molecule has 0 aliphatic carbocycles. The molecule has 2 amide bonds. The Bertz CT molecular complexity index is 721. The van der Waals surface area contributed by atoms with E-state index in [0.717, 1.165) is 0 Å². The number of rotatable bonds is 3. The van der Waals surface area contributed by atoms with Crippen LogP contribution in [-0.2, 0) is 14.4 Å². The number of carbonyl (C=O) groups is 3. The minimum absolute atomic E-state index is 0.0673. The third kappa shape index (κ3) is 3.29. The van der Waals surface area contributed by atoms with Crippen molar-refractivity contribution < 1.29 is 24.6 Å². The average Bonchev–Trinajstić information content (AvgIpc) is 2.85. The standard InChI is InChI=1S/C16H19N3O5S/c1-16(2)11(15(23)24)19-14(25-16)10-13(22)17-9(12(21)18-10)7-3-5-8(20)6-4-7/h3-6,9-11,14,19-20H,1-2H3,(H,17,22)(H,18,21)(H,23,24)/t9-,10-,11-,14-/m1/s1. The zero-order valence-corrected chi connectivity index (χ0v) is 14.5. The van der Waals surface area contributed by atoms with Gasteiger partial charge >= 0.3 is 5.97 Å². The number of carbonyl (C=O) groups excluding carboxylic acids is 2. The molecule has 0 aromatic heterocycles. The van der Waals surface area contributed by atoms with Gasteiger partial charge < -0.3 is 20.8 Å². The molecule has 3 rings (SSSR count). The van der Waals surface area contributed by atoms with Gasteiger partial charge in [0.25, 0.3) is 0 Å². The first-order valence-electron chi connectivity index (χ1n) is 7.75. The Hall–Kier alpha value is -2.26. The van der Waals surface area contributed by atoms with Gasteiger partial charge in [0.15, 0.2) is 0 Å². The van der Waals surface area contributed by atoms with Gasteiger partial charge in [0, 0.05) is 4.75 Å². The van der Waals surface area contributed by atoms with E-state index < -0.39 is 34.2 Å². The number of phenols is 1. The molecule has 0 radical (unpaired) electrons. The summed E-state index contributed by atoms with van der Waals surface area (Å²) < 4.78 is -0.616. The maximum Gasteiger partial charge on any atom is 0.322 e. The van der Waals surface area contributed by atoms with Gasteiger partial charge in [-0.15, -0.1) is 11.8 Å². The Kier molecular flexibility index (Phi) is 4.38. The first kappa shape index (κ1) is 17.6. The Morgan fingerprint density at radius 2 is 1.76 bits per heavy atom. The summed E-state index contributed by atoms with van der Waals surface area (Å²) in [5.74, 6) is -1.69. The van der Waals surface area contributed by atoms with E-state index in [9.17, 15) is 24.6 Å². The van der Waals surface area contributed by atoms with Gasteiger partial charge in [-0.05, 0) is 31.5 Å². The number of amides is 2. The minimum atomic E-state index is -0.996. The summed E-state index contributed by atoms with van der Waals surface area (Å²) >= 11 is 1.32. The second-order valence-corrected chi connectivity index (χ2v) is 8.39. The van der Waals surface area contributed by atoms with Crippen molar-refractivity contribution in [2.24, 2.45) is 0 Å². The molecule has 0 saturated carbocycles. The highest BCUT2D eigenvalue weighted by Gasteiger charge is 2.50. The third-order valence-corrected chi connectivity index (χ3v) is 5.87. The third-order valence-electron chi connectivity index (χ3n) is 4.36. The Morgan fingerprint density at radius 1 is 1.12 bits per heavy atom. The molecular formula is C16H19N3O5S. The number of aromatic hydroxyl groups is 1. The molecule has 2 fully saturated rings. The first-order chi connectivity index (χ1) is 11.7. The van der Waals surface area contributed by atoms with E-state index >= 15 is 0 Å². The van der Waals surface area contributed by atoms with Crippen LogP contribution in [-0.4, -0.2) is 50.2 Å². The van der Waals surface area contributed by atoms with E-state index in [4.69, 9.17) is 0 Å². The van der Waals surface area contributed by atoms with Gasteiger partial charge in [-0.2, -0.15) is 0 Å². The van der Waals surface area contributed by atoms with Gasteiger partial charge in [0.05, 0.1) is 5.37 Å². The van der Waals surface area contributed by atoms with E-state index in [-0.39, 0.29) is 17.6 Å². The van der Waals surface area contributed by atoms with Crippen LogP contribution in [0, 0.1) is 0 Å². The first-order valence-corrected chi connectivity index (χ1v) is 8.63. The molecule has 2 saturated heterocycles. The normalized spacial score (nSPS) is 31.3. The van der Waals surface area contributed by atoms with Crippen LogP contribution >= 0.6 is 11.8 Å². The van der Waals surface area contributed by atoms with Crippen LogP contribution in [0.2, 0.25) is 0 Å². The lowest BCUT2D eigenvalue weighted by atomic mass is 10.0. The largest absolute Gasteiger partial charge is 0.508 e. The van der Waals surface area contributed by atoms with Crippen LogP contribution in [0.3, 0.4) is 0 Å². The van der Waals surface area contributed by atoms with Crippen molar-refractivity contribution in [2.45, 2.75) is 42.1 Å². The molecular weight excluding hydrogens is 346 g/mol. The highest BCUT2D eigenvalue weighted by atomic mass is 32.2. The summed E-state index contributed by atoms with van der Waals surface area (Å²) in [5, 5.41) is 26.4. The molecule has 1 aromatic rings. The number of carboxylic acid groups (broad SMARTS) is 1. The lowest BCUT2D eigenvalue weighted by Crippen LogP contribution is -2.63. The minimum Gasteiger partial charge on any atom is -0.508 e. The number of hydrogen-bond donors (Lipinski definition) is 5. The summed E-state index contributed by atoms with van der Waals surface area (Å²) in [5.41, 5.74) is 0.554. The van der Waals surface area contributed by atoms with E-state index in [0.29, 0.717) is 5.56 Å². The number of benzene rings is 1. The smallest absolute Gasteiger partial charge is 0.322 e. The summed E-state index contributed by atoms with van der Waals surface area (Å²) in [6.07, 6.45) is 0. The summed E-state index contributed by atoms with van der Waals surface area (Å²) in [7, 11) is 0. The SMILES string of the molecule is CC1(C)S[C@H]([C@@H]2NC(=O)[C@@H](c3ccc(O)cc3)NC2=O)N[C@@H]1C(=O)O. The van der Waals surface area contributed by atoms with Crippen molar-refractivity contribution in [1.82, 2.24) is 16.0 Å². The fraction of sp³-hybridized carbons (Fsp3) is 0.438. The molecule has 134 valence electrons. The average molecular weight is 365 g/mol. The molecule has 9 heteroatoms. The second-order valence-electron chi connectivity index (χ2n) is 6.60. The fourth-order valence-corrected chi connectivity index (χ4v) is 4.53. The number of thioether (sulfide) groups is 1. The Labute approximate surface area is 148 Å². The van der Waals surface area contributed by atoms with Crippen LogP contribution in [0.1, 0.15) is 25.5 Å². The number of nitrogens with one attached hydrogen (secondary N) is 3. The maximum absolute atomic E-state index is 12.5. The van der Waals surface area contributed by atoms with Crippen molar-refractivity contribution in [3.63, 3.8) is 0 Å². The van der Waals surface area contributed by atoms with Crippen LogP contribution in [0.25, 0.3) is 0 Å². The highest BCUT2D eigenvalue weighted by molar-refractivity contribution is 8.01. The molecule has 25 heavy (non-hydrogen) atoms. The second kappa shape index (κ2) is 6.23. The topological polar surface area (TPSA) is 128 Å². The van der Waals surface area contributed by atoms with Crippen molar-refractivity contribution in [2.75, 3.05) is 0 Å². The van der Waals surface area contributed by atoms with Crippen molar-refractivity contribution in [3.8, 4) is 5.75 Å². The molecule has 2 aliphatic rings. The summed E-state index contributed by atoms with van der Waals surface area (Å²) in [6, 6.07) is 3.47. The highest BCUT2D eigenvalue weighted by Crippen LogP contribution is 2.39. The number of aliphatic carboxylic acids is 1. The molecule has 0 bridgehead atoms. The van der Waals surface area contributed by atoms with Gasteiger partial charge in [-0.3, -0.25) is 19.7 Å². The number of hydrogen-bond acceptors (Lipinski definition) is 6. The van der Waals surface area contributed by atoms with E-state index in [1.165, 1.54) is 23.9 Å². The van der Waals surface area contributed by atoms with Gasteiger partial charge in [0.2, 0.25) is 11.8 Å². The molecule has 2 aliphatic heterocycles. The summed E-state index contributed by atoms with van der Waals surface area (Å²) in [6.45, 7) is 3.57. The Morgan fingerprint density at radius 3 is 2.32 bits per heavy atom. The maximum atomic E-state index is 12.5. The van der Waals surface area contributed by atoms with E-state index in [1.807, 2.05) is 0 Å². The molecule has 1 aromatic carbocycles. The molecule has 8 nitrogen and oxygen atoms in total. The Balaban J connectivity index is 1.75. The van der Waals surface area contributed by atoms with Crippen molar-refractivity contribution in [3.05, 3.63) is 29.8 Å². The number of piperazine rings is 1. The number of phenolic OH excluding ortho intramolecular Hbond substituents is 1. The zero-order valence-electron chi connectivity index (χ0n) is 13.6. The van der Waals surface area contributed by atoms with E-state index in [1.54, 1.807) is 26.0 Å². The monoisotopic (exact) mass is 365 g/mol. The molecule has 0 spiro atoms. The van der Waals surface area contributed by atoms with Crippen LogP contribution in [0.4, 0.5) is 0 Å². The lowest BCUT2D eigenvalue weighted by molar-refractivity contribution is -0.140. The van der Waals surface area contributed by atoms with E-state index in [2.05, 4.69) is 16.0 Å². The molecule has 4 atom stereocenters.